The Bertz CT molecular complexity index is 537. The minimum atomic E-state index is 0.139. The van der Waals surface area contributed by atoms with Gasteiger partial charge in [-0.1, -0.05) is 25.4 Å². The number of hydrogen-bond acceptors (Lipinski definition) is 4. The van der Waals surface area contributed by atoms with E-state index in [0.717, 1.165) is 24.5 Å². The molecule has 2 rings (SSSR count). The number of aryl methyl sites for hydroxylation is 2. The van der Waals surface area contributed by atoms with Gasteiger partial charge in [0.1, 0.15) is 10.8 Å². The van der Waals surface area contributed by atoms with Crippen LogP contribution in [0, 0.1) is 0 Å². The molecule has 5 nitrogen and oxygen atoms in total. The maximum Gasteiger partial charge on any atom is 0.224 e. The molecule has 2 heterocycles. The maximum absolute atomic E-state index is 6.04. The van der Waals surface area contributed by atoms with Crippen molar-refractivity contribution in [3.05, 3.63) is 28.2 Å². The van der Waals surface area contributed by atoms with E-state index >= 15 is 0 Å². The molecule has 7 heteroatoms. The van der Waals surface area contributed by atoms with Gasteiger partial charge in [0.25, 0.3) is 0 Å². The minimum absolute atomic E-state index is 0.139. The minimum Gasteiger partial charge on any atom is -0.225 e. The molecule has 17 heavy (non-hydrogen) atoms. The third-order valence-corrected chi connectivity index (χ3v) is 2.70. The van der Waals surface area contributed by atoms with Crippen LogP contribution in [0.25, 0.3) is 5.82 Å². The van der Waals surface area contributed by atoms with E-state index in [0.29, 0.717) is 10.8 Å². The van der Waals surface area contributed by atoms with Gasteiger partial charge < -0.3 is 0 Å². The van der Waals surface area contributed by atoms with Gasteiger partial charge in [0.15, 0.2) is 11.6 Å². The molecular formula is C10H11Cl2N5. The standard InChI is InChI=1S/C10H11Cl2N5/c1-3-7-14-8(4-2)17(16-7)9-6(11)5-13-10(12)15-9/h5H,3-4H2,1-2H3. The summed E-state index contributed by atoms with van der Waals surface area (Å²) in [5.41, 5.74) is 0. The monoisotopic (exact) mass is 271 g/mol. The normalized spacial score (nSPS) is 10.8. The Labute approximate surface area is 109 Å². The van der Waals surface area contributed by atoms with Gasteiger partial charge in [-0.2, -0.15) is 9.67 Å². The predicted molar refractivity (Wildman–Crippen MR) is 65.7 cm³/mol. The summed E-state index contributed by atoms with van der Waals surface area (Å²) in [4.78, 5) is 12.3. The van der Waals surface area contributed by atoms with Crippen LogP contribution in [0.5, 0.6) is 0 Å². The fourth-order valence-electron chi connectivity index (χ4n) is 1.43. The maximum atomic E-state index is 6.04. The quantitative estimate of drug-likeness (QED) is 0.805. The lowest BCUT2D eigenvalue weighted by Crippen LogP contribution is -2.06. The van der Waals surface area contributed by atoms with Crippen LogP contribution in [-0.4, -0.2) is 24.7 Å². The van der Waals surface area contributed by atoms with Crippen molar-refractivity contribution < 1.29 is 0 Å². The molecule has 0 aromatic carbocycles. The van der Waals surface area contributed by atoms with Crippen molar-refractivity contribution in [3.8, 4) is 5.82 Å². The first-order valence-corrected chi connectivity index (χ1v) is 6.04. The summed E-state index contributed by atoms with van der Waals surface area (Å²) < 4.78 is 1.62. The Morgan fingerprint density at radius 3 is 2.59 bits per heavy atom. The molecule has 0 fully saturated rings. The fourth-order valence-corrected chi connectivity index (χ4v) is 1.73. The second-order valence-electron chi connectivity index (χ2n) is 3.37. The Morgan fingerprint density at radius 2 is 1.94 bits per heavy atom. The van der Waals surface area contributed by atoms with Crippen LogP contribution in [0.15, 0.2) is 6.20 Å². The highest BCUT2D eigenvalue weighted by atomic mass is 35.5. The molecule has 0 unspecified atom stereocenters. The first-order valence-electron chi connectivity index (χ1n) is 5.29. The third-order valence-electron chi connectivity index (χ3n) is 2.25. The van der Waals surface area contributed by atoms with Crippen LogP contribution >= 0.6 is 23.2 Å². The molecule has 0 atom stereocenters. The molecule has 0 aliphatic heterocycles. The number of hydrogen-bond donors (Lipinski definition) is 0. The Balaban J connectivity index is 2.58. The zero-order chi connectivity index (χ0) is 12.4. The van der Waals surface area contributed by atoms with E-state index in [4.69, 9.17) is 23.2 Å². The van der Waals surface area contributed by atoms with Crippen LogP contribution in [0.3, 0.4) is 0 Å². The summed E-state index contributed by atoms with van der Waals surface area (Å²) >= 11 is 11.8. The number of rotatable bonds is 3. The second-order valence-corrected chi connectivity index (χ2v) is 4.12. The van der Waals surface area contributed by atoms with Crippen LogP contribution in [0.4, 0.5) is 0 Å². The first kappa shape index (κ1) is 12.3. The Hall–Kier alpha value is -1.20. The highest BCUT2D eigenvalue weighted by Crippen LogP contribution is 2.19. The van der Waals surface area contributed by atoms with Gasteiger partial charge in [-0.15, -0.1) is 5.10 Å². The molecule has 0 N–H and O–H groups in total. The summed E-state index contributed by atoms with van der Waals surface area (Å²) in [7, 11) is 0. The van der Waals surface area contributed by atoms with E-state index in [9.17, 15) is 0 Å². The van der Waals surface area contributed by atoms with E-state index in [1.54, 1.807) is 4.68 Å². The van der Waals surface area contributed by atoms with Crippen LogP contribution in [0.1, 0.15) is 25.5 Å². The average molecular weight is 272 g/mol. The molecule has 0 amide bonds. The molecule has 0 aliphatic carbocycles. The second kappa shape index (κ2) is 4.98. The summed E-state index contributed by atoms with van der Waals surface area (Å²) in [6.07, 6.45) is 2.96. The summed E-state index contributed by atoms with van der Waals surface area (Å²) in [5, 5.41) is 4.88. The zero-order valence-corrected chi connectivity index (χ0v) is 11.0. The van der Waals surface area contributed by atoms with Gasteiger partial charge in [0.05, 0.1) is 6.20 Å². The zero-order valence-electron chi connectivity index (χ0n) is 9.48. The highest BCUT2D eigenvalue weighted by molar-refractivity contribution is 6.32. The van der Waals surface area contributed by atoms with E-state index in [1.807, 2.05) is 13.8 Å². The molecule has 0 saturated heterocycles. The van der Waals surface area contributed by atoms with Crippen molar-refractivity contribution >= 4 is 23.2 Å². The average Bonchev–Trinajstić information content (AvgIpc) is 2.75. The first-order chi connectivity index (χ1) is 8.15. The van der Waals surface area contributed by atoms with Crippen molar-refractivity contribution in [3.63, 3.8) is 0 Å². The lowest BCUT2D eigenvalue weighted by atomic mass is 10.4. The Kier molecular flexibility index (Phi) is 3.59. The van der Waals surface area contributed by atoms with Gasteiger partial charge in [-0.05, 0) is 11.6 Å². The van der Waals surface area contributed by atoms with Crippen LogP contribution < -0.4 is 0 Å². The molecule has 90 valence electrons. The largest absolute Gasteiger partial charge is 0.225 e. The van der Waals surface area contributed by atoms with Gasteiger partial charge >= 0.3 is 0 Å². The molecule has 0 radical (unpaired) electrons. The van der Waals surface area contributed by atoms with E-state index < -0.39 is 0 Å². The third kappa shape index (κ3) is 2.40. The van der Waals surface area contributed by atoms with Gasteiger partial charge in [0.2, 0.25) is 5.28 Å². The number of aromatic nitrogens is 5. The lowest BCUT2D eigenvalue weighted by molar-refractivity contribution is 0.765. The van der Waals surface area contributed by atoms with Crippen LogP contribution in [-0.2, 0) is 12.8 Å². The van der Waals surface area contributed by atoms with Crippen LogP contribution in [0.2, 0.25) is 10.3 Å². The van der Waals surface area contributed by atoms with Gasteiger partial charge in [-0.25, -0.2) is 9.97 Å². The van der Waals surface area contributed by atoms with E-state index in [1.165, 1.54) is 6.20 Å². The number of halogens is 2. The molecule has 0 aliphatic rings. The summed E-state index contributed by atoms with van der Waals surface area (Å²) in [5.74, 6) is 2.03. The Morgan fingerprint density at radius 1 is 1.18 bits per heavy atom. The summed E-state index contributed by atoms with van der Waals surface area (Å²) in [6, 6.07) is 0. The molecule has 0 spiro atoms. The van der Waals surface area contributed by atoms with Crippen molar-refractivity contribution in [2.24, 2.45) is 0 Å². The topological polar surface area (TPSA) is 56.5 Å². The molecular weight excluding hydrogens is 261 g/mol. The van der Waals surface area contributed by atoms with Crippen molar-refractivity contribution in [2.75, 3.05) is 0 Å². The SMILES string of the molecule is CCc1nc(CC)n(-c2nc(Cl)ncc2Cl)n1. The van der Waals surface area contributed by atoms with Crippen molar-refractivity contribution in [2.45, 2.75) is 26.7 Å². The molecule has 2 aromatic heterocycles. The molecule has 2 aromatic rings. The van der Waals surface area contributed by atoms with Crippen molar-refractivity contribution in [1.29, 1.82) is 0 Å². The van der Waals surface area contributed by atoms with Gasteiger partial charge in [-0.3, -0.25) is 0 Å². The predicted octanol–water partition coefficient (Wildman–Crippen LogP) is 2.49. The lowest BCUT2D eigenvalue weighted by Gasteiger charge is -2.04. The molecule has 0 saturated carbocycles. The summed E-state index contributed by atoms with van der Waals surface area (Å²) in [6.45, 7) is 3.99. The highest BCUT2D eigenvalue weighted by Gasteiger charge is 2.14. The number of nitrogens with zero attached hydrogens (tertiary/aromatic N) is 5. The smallest absolute Gasteiger partial charge is 0.224 e. The van der Waals surface area contributed by atoms with Gasteiger partial charge in [0, 0.05) is 12.8 Å². The molecule has 0 bridgehead atoms. The van der Waals surface area contributed by atoms with E-state index in [2.05, 4.69) is 20.1 Å². The fraction of sp³-hybridized carbons (Fsp3) is 0.400. The van der Waals surface area contributed by atoms with E-state index in [-0.39, 0.29) is 5.28 Å². The van der Waals surface area contributed by atoms with Crippen molar-refractivity contribution in [1.82, 2.24) is 24.7 Å².